The number of hydrogen-bond donors (Lipinski definition) is 1. The van der Waals surface area contributed by atoms with Gasteiger partial charge in [0.05, 0.1) is 0 Å². The van der Waals surface area contributed by atoms with Crippen molar-refractivity contribution in [1.29, 1.82) is 0 Å². The maximum Gasteiger partial charge on any atom is 0.0329 e. The van der Waals surface area contributed by atoms with E-state index in [0.29, 0.717) is 6.04 Å². The molecular weight excluding hydrogens is 326 g/mol. The monoisotopic (exact) mass is 353 g/mol. The van der Waals surface area contributed by atoms with Crippen molar-refractivity contribution in [3.05, 3.63) is 34.3 Å². The number of likely N-dealkylation sites (tertiary alicyclic amines) is 1. The molecule has 0 aliphatic carbocycles. The molecule has 1 aromatic rings. The molecule has 4 heteroatoms. The number of rotatable bonds is 6. The molecule has 0 bridgehead atoms. The van der Waals surface area contributed by atoms with E-state index in [2.05, 4.69) is 76.5 Å². The van der Waals surface area contributed by atoms with Crippen molar-refractivity contribution in [1.82, 2.24) is 15.1 Å². The molecule has 1 unspecified atom stereocenters. The number of piperidine rings is 1. The first kappa shape index (κ1) is 16.9. The third-order valence-corrected chi connectivity index (χ3v) is 5.23. The zero-order chi connectivity index (χ0) is 15.2. The summed E-state index contributed by atoms with van der Waals surface area (Å²) in [5.41, 5.74) is 1.37. The van der Waals surface area contributed by atoms with Crippen LogP contribution in [0, 0.1) is 0 Å². The lowest BCUT2D eigenvalue weighted by molar-refractivity contribution is 0.140. The Morgan fingerprint density at radius 3 is 2.48 bits per heavy atom. The summed E-state index contributed by atoms with van der Waals surface area (Å²) in [6.07, 6.45) is 3.76. The number of nitrogens with zero attached hydrogens (tertiary/aromatic N) is 2. The van der Waals surface area contributed by atoms with Crippen molar-refractivity contribution in [3.8, 4) is 0 Å². The third-order valence-electron chi connectivity index (χ3n) is 4.70. The van der Waals surface area contributed by atoms with Gasteiger partial charge in [0.1, 0.15) is 0 Å². The van der Waals surface area contributed by atoms with E-state index in [0.717, 1.165) is 23.5 Å². The molecule has 0 saturated carbocycles. The molecule has 1 heterocycles. The molecule has 1 aliphatic rings. The van der Waals surface area contributed by atoms with E-state index in [4.69, 9.17) is 0 Å². The first-order valence-electron chi connectivity index (χ1n) is 7.91. The number of hydrogen-bond acceptors (Lipinski definition) is 3. The highest BCUT2D eigenvalue weighted by Gasteiger charge is 2.21. The SMILES string of the molecule is CNC(CCN(C)C1CCN(C)CC1)c1ccc(Br)cc1. The molecule has 1 saturated heterocycles. The van der Waals surface area contributed by atoms with Crippen LogP contribution in [0.25, 0.3) is 0 Å². The smallest absolute Gasteiger partial charge is 0.0329 e. The summed E-state index contributed by atoms with van der Waals surface area (Å²) in [4.78, 5) is 4.98. The Hall–Kier alpha value is -0.420. The highest BCUT2D eigenvalue weighted by molar-refractivity contribution is 9.10. The quantitative estimate of drug-likeness (QED) is 0.847. The first-order valence-corrected chi connectivity index (χ1v) is 8.71. The van der Waals surface area contributed by atoms with Crippen LogP contribution in [-0.2, 0) is 0 Å². The van der Waals surface area contributed by atoms with Crippen LogP contribution in [0.2, 0.25) is 0 Å². The molecule has 0 radical (unpaired) electrons. The summed E-state index contributed by atoms with van der Waals surface area (Å²) >= 11 is 3.50. The van der Waals surface area contributed by atoms with Gasteiger partial charge in [0, 0.05) is 16.6 Å². The van der Waals surface area contributed by atoms with E-state index in [9.17, 15) is 0 Å². The Morgan fingerprint density at radius 2 is 1.90 bits per heavy atom. The minimum atomic E-state index is 0.437. The van der Waals surface area contributed by atoms with Crippen LogP contribution in [-0.4, -0.2) is 56.6 Å². The van der Waals surface area contributed by atoms with Crippen LogP contribution in [0.5, 0.6) is 0 Å². The van der Waals surface area contributed by atoms with Crippen LogP contribution in [0.15, 0.2) is 28.7 Å². The van der Waals surface area contributed by atoms with Crippen LogP contribution in [0.3, 0.4) is 0 Å². The summed E-state index contributed by atoms with van der Waals surface area (Å²) < 4.78 is 1.14. The van der Waals surface area contributed by atoms with Gasteiger partial charge in [-0.15, -0.1) is 0 Å². The molecule has 3 nitrogen and oxygen atoms in total. The van der Waals surface area contributed by atoms with Crippen molar-refractivity contribution in [2.75, 3.05) is 40.8 Å². The van der Waals surface area contributed by atoms with Crippen molar-refractivity contribution in [2.24, 2.45) is 0 Å². The van der Waals surface area contributed by atoms with Gasteiger partial charge in [0.25, 0.3) is 0 Å². The maximum atomic E-state index is 3.50. The fourth-order valence-electron chi connectivity index (χ4n) is 3.12. The molecule has 1 aromatic carbocycles. The molecule has 2 rings (SSSR count). The van der Waals surface area contributed by atoms with E-state index in [-0.39, 0.29) is 0 Å². The molecule has 1 fully saturated rings. The maximum absolute atomic E-state index is 3.50. The molecular formula is C17H28BrN3. The van der Waals surface area contributed by atoms with Crippen LogP contribution in [0.4, 0.5) is 0 Å². The van der Waals surface area contributed by atoms with E-state index in [1.165, 1.54) is 31.5 Å². The third kappa shape index (κ3) is 5.06. The fourth-order valence-corrected chi connectivity index (χ4v) is 3.39. The largest absolute Gasteiger partial charge is 0.313 e. The zero-order valence-electron chi connectivity index (χ0n) is 13.5. The number of nitrogens with one attached hydrogen (secondary N) is 1. The zero-order valence-corrected chi connectivity index (χ0v) is 15.1. The fraction of sp³-hybridized carbons (Fsp3) is 0.647. The summed E-state index contributed by atoms with van der Waals surface area (Å²) in [7, 11) is 6.56. The average molecular weight is 354 g/mol. The summed E-state index contributed by atoms with van der Waals surface area (Å²) in [6, 6.07) is 9.86. The van der Waals surface area contributed by atoms with Gasteiger partial charge in [-0.1, -0.05) is 28.1 Å². The topological polar surface area (TPSA) is 18.5 Å². The molecule has 1 aliphatic heterocycles. The highest BCUT2D eigenvalue weighted by atomic mass is 79.9. The van der Waals surface area contributed by atoms with Gasteiger partial charge in [0.15, 0.2) is 0 Å². The molecule has 0 spiro atoms. The molecule has 21 heavy (non-hydrogen) atoms. The Bertz CT molecular complexity index is 413. The van der Waals surface area contributed by atoms with Crippen molar-refractivity contribution >= 4 is 15.9 Å². The first-order chi connectivity index (χ1) is 10.1. The normalized spacial score (nSPS) is 19.1. The van der Waals surface area contributed by atoms with E-state index in [1.807, 2.05) is 0 Å². The molecule has 0 aromatic heterocycles. The van der Waals surface area contributed by atoms with Gasteiger partial charge in [-0.05, 0) is 77.7 Å². The predicted molar refractivity (Wildman–Crippen MR) is 93.7 cm³/mol. The Labute approximate surface area is 137 Å². The lowest BCUT2D eigenvalue weighted by atomic mass is 10.0. The van der Waals surface area contributed by atoms with Gasteiger partial charge in [-0.25, -0.2) is 0 Å². The average Bonchev–Trinajstić information content (AvgIpc) is 2.50. The van der Waals surface area contributed by atoms with Crippen LogP contribution >= 0.6 is 15.9 Å². The van der Waals surface area contributed by atoms with Gasteiger partial charge >= 0.3 is 0 Å². The number of halogens is 1. The second-order valence-electron chi connectivity index (χ2n) is 6.20. The minimum Gasteiger partial charge on any atom is -0.313 e. The van der Waals surface area contributed by atoms with E-state index in [1.54, 1.807) is 0 Å². The van der Waals surface area contributed by atoms with Gasteiger partial charge < -0.3 is 15.1 Å². The van der Waals surface area contributed by atoms with Crippen molar-refractivity contribution < 1.29 is 0 Å². The van der Waals surface area contributed by atoms with Crippen LogP contribution < -0.4 is 5.32 Å². The molecule has 118 valence electrons. The van der Waals surface area contributed by atoms with Crippen molar-refractivity contribution in [3.63, 3.8) is 0 Å². The summed E-state index contributed by atoms with van der Waals surface area (Å²) in [6.45, 7) is 3.62. The predicted octanol–water partition coefficient (Wildman–Crippen LogP) is 3.13. The van der Waals surface area contributed by atoms with Gasteiger partial charge in [-0.2, -0.15) is 0 Å². The standard InChI is InChI=1S/C17H28BrN3/c1-19-17(14-4-6-15(18)7-5-14)10-13-21(3)16-8-11-20(2)12-9-16/h4-7,16-17,19H,8-13H2,1-3H3. The summed E-state index contributed by atoms with van der Waals surface area (Å²) in [5, 5.41) is 3.45. The van der Waals surface area contributed by atoms with Crippen LogP contribution in [0.1, 0.15) is 30.9 Å². The molecule has 1 N–H and O–H groups in total. The van der Waals surface area contributed by atoms with E-state index < -0.39 is 0 Å². The molecule has 0 amide bonds. The van der Waals surface area contributed by atoms with Crippen molar-refractivity contribution in [2.45, 2.75) is 31.3 Å². The lowest BCUT2D eigenvalue weighted by Crippen LogP contribution is -2.42. The van der Waals surface area contributed by atoms with E-state index >= 15 is 0 Å². The Morgan fingerprint density at radius 1 is 1.29 bits per heavy atom. The van der Waals surface area contributed by atoms with Gasteiger partial charge in [-0.3, -0.25) is 0 Å². The number of benzene rings is 1. The highest BCUT2D eigenvalue weighted by Crippen LogP contribution is 2.21. The second kappa shape index (κ2) is 8.28. The van der Waals surface area contributed by atoms with Gasteiger partial charge in [0.2, 0.25) is 0 Å². The Kier molecular flexibility index (Phi) is 6.68. The second-order valence-corrected chi connectivity index (χ2v) is 7.11. The Balaban J connectivity index is 1.83. The molecule has 1 atom stereocenters. The minimum absolute atomic E-state index is 0.437. The summed E-state index contributed by atoms with van der Waals surface area (Å²) in [5.74, 6) is 0. The lowest BCUT2D eigenvalue weighted by Gasteiger charge is -2.35.